The average molecular weight is 453 g/mol. The lowest BCUT2D eigenvalue weighted by molar-refractivity contribution is -0.120. The Kier molecular flexibility index (Phi) is 8.74. The van der Waals surface area contributed by atoms with Crippen LogP contribution in [0.25, 0.3) is 0 Å². The van der Waals surface area contributed by atoms with Crippen molar-refractivity contribution in [1.82, 2.24) is 10.2 Å². The van der Waals surface area contributed by atoms with Crippen LogP contribution >= 0.6 is 11.3 Å². The maximum atomic E-state index is 12.6. The predicted molar refractivity (Wildman–Crippen MR) is 127 cm³/mol. The Hall–Kier alpha value is -3.26. The summed E-state index contributed by atoms with van der Waals surface area (Å²) < 4.78 is 5.68. The smallest absolute Gasteiger partial charge is 0.257 e. The van der Waals surface area contributed by atoms with E-state index >= 15 is 0 Å². The summed E-state index contributed by atoms with van der Waals surface area (Å²) >= 11 is 1.35. The number of hydrogen-bond acceptors (Lipinski definition) is 6. The molecule has 0 saturated carbocycles. The molecule has 1 heterocycles. The van der Waals surface area contributed by atoms with E-state index in [1.165, 1.54) is 11.3 Å². The van der Waals surface area contributed by atoms with Gasteiger partial charge in [0, 0.05) is 23.6 Å². The van der Waals surface area contributed by atoms with Crippen molar-refractivity contribution < 1.29 is 14.3 Å². The van der Waals surface area contributed by atoms with E-state index in [2.05, 4.69) is 20.8 Å². The van der Waals surface area contributed by atoms with Crippen molar-refractivity contribution in [3.05, 3.63) is 65.2 Å². The number of aryl methyl sites for hydroxylation is 1. The first-order valence-electron chi connectivity index (χ1n) is 10.8. The lowest BCUT2D eigenvalue weighted by Crippen LogP contribution is -2.22. The molecule has 0 spiro atoms. The van der Waals surface area contributed by atoms with Crippen LogP contribution in [0.2, 0.25) is 0 Å². The summed E-state index contributed by atoms with van der Waals surface area (Å²) in [7, 11) is 0. The van der Waals surface area contributed by atoms with E-state index in [4.69, 9.17) is 4.74 Å². The maximum absolute atomic E-state index is 12.6. The number of carbonyl (C=O) groups is 2. The summed E-state index contributed by atoms with van der Waals surface area (Å²) in [5, 5.41) is 15.2. The third-order valence-corrected chi connectivity index (χ3v) is 5.88. The molecular weight excluding hydrogens is 424 g/mol. The molecule has 3 rings (SSSR count). The largest absolute Gasteiger partial charge is 0.494 e. The molecule has 0 aliphatic carbocycles. The molecule has 0 aliphatic rings. The quantitative estimate of drug-likeness (QED) is 0.391. The highest BCUT2D eigenvalue weighted by Gasteiger charge is 2.15. The zero-order chi connectivity index (χ0) is 22.8. The molecule has 0 atom stereocenters. The van der Waals surface area contributed by atoms with Crippen LogP contribution < -0.4 is 15.4 Å². The number of anilines is 2. The van der Waals surface area contributed by atoms with E-state index < -0.39 is 0 Å². The summed E-state index contributed by atoms with van der Waals surface area (Å²) in [5.74, 6) is 0.484. The molecular formula is C24H28N4O3S. The van der Waals surface area contributed by atoms with E-state index in [0.29, 0.717) is 23.0 Å². The van der Waals surface area contributed by atoms with Crippen LogP contribution in [-0.2, 0) is 11.2 Å². The Morgan fingerprint density at radius 3 is 2.53 bits per heavy atom. The van der Waals surface area contributed by atoms with Crippen LogP contribution in [0.15, 0.2) is 54.6 Å². The van der Waals surface area contributed by atoms with Crippen LogP contribution in [-0.4, -0.2) is 28.6 Å². The van der Waals surface area contributed by atoms with Crippen molar-refractivity contribution in [3.8, 4) is 5.75 Å². The number of aromatic nitrogens is 2. The van der Waals surface area contributed by atoms with E-state index in [1.54, 1.807) is 24.3 Å². The number of carbonyl (C=O) groups excluding carboxylic acids is 2. The second-order valence-corrected chi connectivity index (χ2v) is 8.37. The van der Waals surface area contributed by atoms with Crippen LogP contribution in [0.4, 0.5) is 10.8 Å². The van der Waals surface area contributed by atoms with E-state index in [1.807, 2.05) is 44.2 Å². The molecule has 2 N–H and O–H groups in total. The lowest BCUT2D eigenvalue weighted by Gasteiger charge is -2.13. The Morgan fingerprint density at radius 1 is 1.00 bits per heavy atom. The van der Waals surface area contributed by atoms with Gasteiger partial charge >= 0.3 is 0 Å². The number of nitrogens with zero attached hydrogens (tertiary/aromatic N) is 2. The van der Waals surface area contributed by atoms with E-state index in [-0.39, 0.29) is 17.7 Å². The maximum Gasteiger partial charge on any atom is 0.257 e. The molecule has 0 bridgehead atoms. The van der Waals surface area contributed by atoms with Crippen LogP contribution in [0.3, 0.4) is 0 Å². The monoisotopic (exact) mass is 452 g/mol. The predicted octanol–water partition coefficient (Wildman–Crippen LogP) is 5.18. The molecule has 0 saturated heterocycles. The van der Waals surface area contributed by atoms with Crippen molar-refractivity contribution in [2.24, 2.45) is 5.92 Å². The van der Waals surface area contributed by atoms with Crippen molar-refractivity contribution >= 4 is 34.0 Å². The minimum absolute atomic E-state index is 0.0300. The van der Waals surface area contributed by atoms with Gasteiger partial charge in [-0.2, -0.15) is 0 Å². The zero-order valence-electron chi connectivity index (χ0n) is 18.3. The highest BCUT2D eigenvalue weighted by Crippen LogP contribution is 2.20. The molecule has 7 nitrogen and oxygen atoms in total. The third kappa shape index (κ3) is 6.88. The molecule has 3 aromatic rings. The highest BCUT2D eigenvalue weighted by molar-refractivity contribution is 7.15. The highest BCUT2D eigenvalue weighted by atomic mass is 32.1. The topological polar surface area (TPSA) is 93.2 Å². The Bertz CT molecular complexity index is 1020. The Balaban J connectivity index is 1.49. The fourth-order valence-corrected chi connectivity index (χ4v) is 3.92. The summed E-state index contributed by atoms with van der Waals surface area (Å²) in [6.07, 6.45) is 3.08. The number of nitrogens with one attached hydrogen (secondary N) is 2. The molecule has 0 unspecified atom stereocenters. The summed E-state index contributed by atoms with van der Waals surface area (Å²) in [6.45, 7) is 4.56. The van der Waals surface area contributed by atoms with Gasteiger partial charge in [-0.15, -0.1) is 10.2 Å². The van der Waals surface area contributed by atoms with Crippen molar-refractivity contribution in [1.29, 1.82) is 0 Å². The van der Waals surface area contributed by atoms with E-state index in [9.17, 15) is 9.59 Å². The van der Waals surface area contributed by atoms with Gasteiger partial charge in [-0.3, -0.25) is 14.9 Å². The minimum atomic E-state index is -0.293. The van der Waals surface area contributed by atoms with Gasteiger partial charge < -0.3 is 10.1 Å². The SMILES string of the molecule is CCC(CC)C(=O)Nc1cccc(C(=O)Nc2nnc(CCCOc3ccccc3)s2)c1. The standard InChI is InChI=1S/C24H28N4O3S/c1-3-17(4-2)22(29)25-19-11-8-10-18(16-19)23(30)26-24-28-27-21(32-24)14-9-15-31-20-12-6-5-7-13-20/h5-8,10-13,16-17H,3-4,9,14-15H2,1-2H3,(H,25,29)(H,26,28,30). The number of para-hydroxylation sites is 1. The number of hydrogen-bond donors (Lipinski definition) is 2. The normalized spacial score (nSPS) is 10.7. The summed E-state index contributed by atoms with van der Waals surface area (Å²) in [6, 6.07) is 16.6. The van der Waals surface area contributed by atoms with Gasteiger partial charge in [0.15, 0.2) is 0 Å². The first kappa shape index (κ1) is 23.4. The van der Waals surface area contributed by atoms with Crippen LogP contribution in [0.1, 0.15) is 48.5 Å². The van der Waals surface area contributed by atoms with Gasteiger partial charge in [0.2, 0.25) is 11.0 Å². The molecule has 2 amide bonds. The van der Waals surface area contributed by atoms with Crippen LogP contribution in [0, 0.1) is 5.92 Å². The first-order chi connectivity index (χ1) is 15.6. The molecule has 1 aromatic heterocycles. The van der Waals surface area contributed by atoms with Gasteiger partial charge in [-0.05, 0) is 49.6 Å². The van der Waals surface area contributed by atoms with Crippen LogP contribution in [0.5, 0.6) is 5.75 Å². The molecule has 8 heteroatoms. The number of amides is 2. The lowest BCUT2D eigenvalue weighted by atomic mass is 10.0. The second-order valence-electron chi connectivity index (χ2n) is 7.30. The van der Waals surface area contributed by atoms with E-state index in [0.717, 1.165) is 36.4 Å². The van der Waals surface area contributed by atoms with Crippen molar-refractivity contribution in [3.63, 3.8) is 0 Å². The summed E-state index contributed by atoms with van der Waals surface area (Å²) in [4.78, 5) is 24.9. The Labute approximate surface area is 192 Å². The third-order valence-electron chi connectivity index (χ3n) is 4.98. The molecule has 0 aliphatic heterocycles. The fourth-order valence-electron chi connectivity index (χ4n) is 3.15. The summed E-state index contributed by atoms with van der Waals surface area (Å²) in [5.41, 5.74) is 1.05. The number of benzene rings is 2. The number of rotatable bonds is 11. The van der Waals surface area contributed by atoms with Gasteiger partial charge in [-0.25, -0.2) is 0 Å². The molecule has 0 fully saturated rings. The van der Waals surface area contributed by atoms with Gasteiger partial charge in [0.25, 0.3) is 5.91 Å². The average Bonchev–Trinajstić information content (AvgIpc) is 3.25. The molecule has 32 heavy (non-hydrogen) atoms. The van der Waals surface area contributed by atoms with Gasteiger partial charge in [0.05, 0.1) is 6.61 Å². The zero-order valence-corrected chi connectivity index (χ0v) is 19.2. The molecule has 2 aromatic carbocycles. The van der Waals surface area contributed by atoms with Crippen molar-refractivity contribution in [2.45, 2.75) is 39.5 Å². The number of ether oxygens (including phenoxy) is 1. The fraction of sp³-hybridized carbons (Fsp3) is 0.333. The van der Waals surface area contributed by atoms with Gasteiger partial charge in [-0.1, -0.05) is 49.4 Å². The van der Waals surface area contributed by atoms with Crippen molar-refractivity contribution in [2.75, 3.05) is 17.2 Å². The molecule has 0 radical (unpaired) electrons. The first-order valence-corrected chi connectivity index (χ1v) is 11.6. The second kappa shape index (κ2) is 12.0. The Morgan fingerprint density at radius 2 is 1.78 bits per heavy atom. The minimum Gasteiger partial charge on any atom is -0.494 e. The van der Waals surface area contributed by atoms with Gasteiger partial charge in [0.1, 0.15) is 10.8 Å². The molecule has 168 valence electrons.